The number of likely N-dealkylation sites (N-methyl/N-ethyl adjacent to an activating group) is 1. The number of hydrogen-bond acceptors (Lipinski definition) is 3. The molecule has 0 aliphatic rings. The Bertz CT molecular complexity index is 542. The monoisotopic (exact) mass is 272 g/mol. The highest BCUT2D eigenvalue weighted by molar-refractivity contribution is 5.25. The molecule has 108 valence electrons. The summed E-state index contributed by atoms with van der Waals surface area (Å²) in [6.07, 6.45) is 0. The van der Waals surface area contributed by atoms with Crippen LogP contribution in [0.1, 0.15) is 42.5 Å². The molecule has 2 aromatic rings. The van der Waals surface area contributed by atoms with Gasteiger partial charge in [0, 0.05) is 6.54 Å². The zero-order valence-electron chi connectivity index (χ0n) is 12.8. The minimum atomic E-state index is 0.541. The lowest BCUT2D eigenvalue weighted by Gasteiger charge is -2.13. The molecular formula is C16H24N4. The van der Waals surface area contributed by atoms with E-state index in [-0.39, 0.29) is 0 Å². The first-order valence-corrected chi connectivity index (χ1v) is 7.27. The zero-order valence-corrected chi connectivity index (χ0v) is 12.8. The van der Waals surface area contributed by atoms with Gasteiger partial charge >= 0.3 is 0 Å². The van der Waals surface area contributed by atoms with E-state index in [0.717, 1.165) is 31.3 Å². The van der Waals surface area contributed by atoms with Crippen LogP contribution in [0.4, 0.5) is 0 Å². The summed E-state index contributed by atoms with van der Waals surface area (Å²) < 4.78 is 1.95. The van der Waals surface area contributed by atoms with Crippen molar-refractivity contribution in [2.24, 2.45) is 0 Å². The van der Waals surface area contributed by atoms with Gasteiger partial charge in [0.15, 0.2) is 0 Å². The van der Waals surface area contributed by atoms with Gasteiger partial charge in [-0.05, 0) is 37.4 Å². The van der Waals surface area contributed by atoms with Crippen molar-refractivity contribution in [2.75, 3.05) is 13.1 Å². The predicted octanol–water partition coefficient (Wildman–Crippen LogP) is 2.66. The number of benzene rings is 1. The number of aryl methyl sites for hydroxylation is 2. The third-order valence-corrected chi connectivity index (χ3v) is 3.54. The molecule has 0 aliphatic heterocycles. The van der Waals surface area contributed by atoms with Gasteiger partial charge in [-0.2, -0.15) is 5.10 Å². The predicted molar refractivity (Wildman–Crippen MR) is 82.0 cm³/mol. The van der Waals surface area contributed by atoms with E-state index in [1.165, 1.54) is 11.1 Å². The Balaban J connectivity index is 2.03. The minimum absolute atomic E-state index is 0.541. The van der Waals surface area contributed by atoms with Gasteiger partial charge in [0.05, 0.1) is 6.54 Å². The molecule has 4 nitrogen and oxygen atoms in total. The van der Waals surface area contributed by atoms with Crippen LogP contribution >= 0.6 is 0 Å². The van der Waals surface area contributed by atoms with E-state index in [2.05, 4.69) is 53.5 Å². The Morgan fingerprint density at radius 3 is 2.45 bits per heavy atom. The van der Waals surface area contributed by atoms with Gasteiger partial charge in [-0.1, -0.05) is 38.1 Å². The van der Waals surface area contributed by atoms with Crippen LogP contribution in [0.15, 0.2) is 24.3 Å². The highest BCUT2D eigenvalue weighted by Gasteiger charge is 2.06. The van der Waals surface area contributed by atoms with E-state index in [9.17, 15) is 0 Å². The van der Waals surface area contributed by atoms with Crippen molar-refractivity contribution in [3.63, 3.8) is 0 Å². The number of hydrogen-bond donors (Lipinski definition) is 1. The van der Waals surface area contributed by atoms with Gasteiger partial charge in [-0.3, -0.25) is 0 Å². The van der Waals surface area contributed by atoms with Crippen LogP contribution in [0.3, 0.4) is 0 Å². The molecule has 1 aromatic carbocycles. The smallest absolute Gasteiger partial charge is 0.147 e. The minimum Gasteiger partial charge on any atom is -0.316 e. The highest BCUT2D eigenvalue weighted by Crippen LogP contribution is 2.15. The first-order valence-electron chi connectivity index (χ1n) is 7.27. The van der Waals surface area contributed by atoms with Gasteiger partial charge < -0.3 is 5.32 Å². The molecular weight excluding hydrogens is 248 g/mol. The third kappa shape index (κ3) is 3.67. The molecule has 20 heavy (non-hydrogen) atoms. The summed E-state index contributed by atoms with van der Waals surface area (Å²) in [5.74, 6) is 2.34. The molecule has 0 aliphatic carbocycles. The van der Waals surface area contributed by atoms with Gasteiger partial charge in [-0.15, -0.1) is 0 Å². The Kier molecular flexibility index (Phi) is 4.90. The Hall–Kier alpha value is -1.68. The molecule has 4 heteroatoms. The summed E-state index contributed by atoms with van der Waals surface area (Å²) in [5, 5.41) is 7.79. The van der Waals surface area contributed by atoms with Crippen LogP contribution in [-0.4, -0.2) is 27.9 Å². The van der Waals surface area contributed by atoms with Crippen LogP contribution in [0.2, 0.25) is 0 Å². The van der Waals surface area contributed by atoms with Crippen LogP contribution in [-0.2, 0) is 6.54 Å². The SMILES string of the molecule is CCNCC(C)c1ccc(Cn2nc(C)nc2C)cc1. The first-order chi connectivity index (χ1) is 9.60. The molecule has 2 rings (SSSR count). The quantitative estimate of drug-likeness (QED) is 0.879. The van der Waals surface area contributed by atoms with E-state index in [1.807, 2.05) is 18.5 Å². The van der Waals surface area contributed by atoms with Crippen molar-refractivity contribution in [1.82, 2.24) is 20.1 Å². The van der Waals surface area contributed by atoms with Crippen LogP contribution in [0.5, 0.6) is 0 Å². The summed E-state index contributed by atoms with van der Waals surface area (Å²) in [6.45, 7) is 11.1. The van der Waals surface area contributed by atoms with E-state index >= 15 is 0 Å². The van der Waals surface area contributed by atoms with Gasteiger partial charge in [0.1, 0.15) is 11.6 Å². The second-order valence-corrected chi connectivity index (χ2v) is 5.31. The zero-order chi connectivity index (χ0) is 14.5. The normalized spacial score (nSPS) is 12.6. The van der Waals surface area contributed by atoms with Crippen molar-refractivity contribution < 1.29 is 0 Å². The first kappa shape index (κ1) is 14.7. The van der Waals surface area contributed by atoms with Crippen molar-refractivity contribution in [3.8, 4) is 0 Å². The molecule has 0 saturated heterocycles. The van der Waals surface area contributed by atoms with E-state index in [1.54, 1.807) is 0 Å². The summed E-state index contributed by atoms with van der Waals surface area (Å²) in [7, 11) is 0. The van der Waals surface area contributed by atoms with E-state index < -0.39 is 0 Å². The van der Waals surface area contributed by atoms with Crippen molar-refractivity contribution >= 4 is 0 Å². The second-order valence-electron chi connectivity index (χ2n) is 5.31. The fraction of sp³-hybridized carbons (Fsp3) is 0.500. The summed E-state index contributed by atoms with van der Waals surface area (Å²) in [5.41, 5.74) is 2.64. The molecule has 0 amide bonds. The summed E-state index contributed by atoms with van der Waals surface area (Å²) in [6, 6.07) is 8.81. The maximum absolute atomic E-state index is 4.40. The molecule has 0 bridgehead atoms. The summed E-state index contributed by atoms with van der Waals surface area (Å²) >= 11 is 0. The number of nitrogens with one attached hydrogen (secondary N) is 1. The molecule has 0 fully saturated rings. The maximum Gasteiger partial charge on any atom is 0.147 e. The number of rotatable bonds is 6. The molecule has 1 N–H and O–H groups in total. The largest absolute Gasteiger partial charge is 0.316 e. The molecule has 1 unspecified atom stereocenters. The molecule has 1 aromatic heterocycles. The number of nitrogens with zero attached hydrogens (tertiary/aromatic N) is 3. The molecule has 0 spiro atoms. The lowest BCUT2D eigenvalue weighted by molar-refractivity contribution is 0.633. The highest BCUT2D eigenvalue weighted by atomic mass is 15.3. The van der Waals surface area contributed by atoms with Crippen molar-refractivity contribution in [3.05, 3.63) is 47.0 Å². The third-order valence-electron chi connectivity index (χ3n) is 3.54. The maximum atomic E-state index is 4.40. The Morgan fingerprint density at radius 1 is 1.20 bits per heavy atom. The topological polar surface area (TPSA) is 42.7 Å². The van der Waals surface area contributed by atoms with Gasteiger partial charge in [0.2, 0.25) is 0 Å². The average Bonchev–Trinajstić information content (AvgIpc) is 2.75. The van der Waals surface area contributed by atoms with Gasteiger partial charge in [-0.25, -0.2) is 9.67 Å². The molecule has 1 heterocycles. The lowest BCUT2D eigenvalue weighted by atomic mass is 10.00. The molecule has 1 atom stereocenters. The summed E-state index contributed by atoms with van der Waals surface area (Å²) in [4.78, 5) is 4.33. The van der Waals surface area contributed by atoms with Crippen LogP contribution < -0.4 is 5.32 Å². The number of aromatic nitrogens is 3. The van der Waals surface area contributed by atoms with Crippen LogP contribution in [0, 0.1) is 13.8 Å². The Morgan fingerprint density at radius 2 is 1.90 bits per heavy atom. The fourth-order valence-electron chi connectivity index (χ4n) is 2.31. The second kappa shape index (κ2) is 6.66. The molecule has 0 saturated carbocycles. The van der Waals surface area contributed by atoms with E-state index in [0.29, 0.717) is 5.92 Å². The van der Waals surface area contributed by atoms with E-state index in [4.69, 9.17) is 0 Å². The van der Waals surface area contributed by atoms with Crippen LogP contribution in [0.25, 0.3) is 0 Å². The fourth-order valence-corrected chi connectivity index (χ4v) is 2.31. The van der Waals surface area contributed by atoms with Crippen molar-refractivity contribution in [2.45, 2.75) is 40.2 Å². The average molecular weight is 272 g/mol. The lowest BCUT2D eigenvalue weighted by Crippen LogP contribution is -2.19. The van der Waals surface area contributed by atoms with Gasteiger partial charge in [0.25, 0.3) is 0 Å². The Labute approximate surface area is 121 Å². The molecule has 0 radical (unpaired) electrons. The standard InChI is InChI=1S/C16H24N4/c1-5-17-10-12(2)16-8-6-15(7-9-16)11-20-14(4)18-13(3)19-20/h6-9,12,17H,5,10-11H2,1-4H3. The van der Waals surface area contributed by atoms with Crippen molar-refractivity contribution in [1.29, 1.82) is 0 Å².